The predicted octanol–water partition coefficient (Wildman–Crippen LogP) is 4.44. The van der Waals surface area contributed by atoms with Gasteiger partial charge >= 0.3 is 0 Å². The van der Waals surface area contributed by atoms with E-state index in [1.807, 2.05) is 0 Å². The lowest BCUT2D eigenvalue weighted by Gasteiger charge is -2.03. The molecule has 0 aliphatic carbocycles. The zero-order valence-corrected chi connectivity index (χ0v) is 16.2. The zero-order chi connectivity index (χ0) is 18.4. The molecule has 0 aliphatic rings. The van der Waals surface area contributed by atoms with Crippen molar-refractivity contribution in [3.63, 3.8) is 0 Å². The minimum Gasteiger partial charge on any atom is -0.497 e. The van der Waals surface area contributed by atoms with Gasteiger partial charge in [0.05, 0.1) is 13.7 Å². The Bertz CT molecular complexity index is 879. The van der Waals surface area contributed by atoms with Gasteiger partial charge in [-0.1, -0.05) is 52.9 Å². The number of methoxy groups -OCH3 is 1. The van der Waals surface area contributed by atoms with Gasteiger partial charge in [-0.05, 0) is 36.8 Å². The monoisotopic (exact) mass is 385 g/mol. The normalized spacial score (nSPS) is 10.5. The van der Waals surface area contributed by atoms with Crippen molar-refractivity contribution in [2.45, 2.75) is 17.0 Å². The topological polar surface area (TPSA) is 64.1 Å². The molecule has 3 rings (SSSR count). The van der Waals surface area contributed by atoms with E-state index >= 15 is 0 Å². The molecule has 0 saturated heterocycles. The molecule has 0 aliphatic heterocycles. The highest BCUT2D eigenvalue weighted by Gasteiger charge is 2.09. The molecule has 1 heterocycles. The van der Waals surface area contributed by atoms with Crippen LogP contribution in [0.3, 0.4) is 0 Å². The number of carbonyl (C=O) groups is 1. The van der Waals surface area contributed by atoms with Crippen LogP contribution in [0.4, 0.5) is 5.13 Å². The van der Waals surface area contributed by atoms with Gasteiger partial charge in [-0.3, -0.25) is 4.79 Å². The Labute approximate surface area is 160 Å². The molecule has 2 aromatic carbocycles. The smallest absolute Gasteiger partial charge is 0.206 e. The number of rotatable bonds is 8. The third kappa shape index (κ3) is 5.06. The Morgan fingerprint density at radius 3 is 2.73 bits per heavy atom. The lowest BCUT2D eigenvalue weighted by atomic mass is 10.1. The van der Waals surface area contributed by atoms with Crippen LogP contribution in [-0.2, 0) is 5.75 Å². The van der Waals surface area contributed by atoms with Gasteiger partial charge in [0.2, 0.25) is 5.13 Å². The first-order chi connectivity index (χ1) is 12.6. The summed E-state index contributed by atoms with van der Waals surface area (Å²) in [4.78, 5) is 12.2. The second kappa shape index (κ2) is 8.82. The number of carbonyl (C=O) groups excluding carboxylic acids is 1. The van der Waals surface area contributed by atoms with Gasteiger partial charge in [0.25, 0.3) is 0 Å². The van der Waals surface area contributed by atoms with Crippen LogP contribution in [0.25, 0.3) is 0 Å². The molecular formula is C19H19N3O2S2. The molecule has 26 heavy (non-hydrogen) atoms. The van der Waals surface area contributed by atoms with E-state index in [9.17, 15) is 4.79 Å². The molecule has 0 saturated carbocycles. The van der Waals surface area contributed by atoms with Gasteiger partial charge in [-0.15, -0.1) is 10.2 Å². The fourth-order valence-corrected chi connectivity index (χ4v) is 4.01. The SMILES string of the molecule is COc1ccc(C(=O)CNc2nnc(SCc3cccc(C)c3)s2)cc1. The molecular weight excluding hydrogens is 366 g/mol. The lowest BCUT2D eigenvalue weighted by molar-refractivity contribution is 0.101. The van der Waals surface area contributed by atoms with E-state index in [1.165, 1.54) is 22.5 Å². The molecule has 134 valence electrons. The molecule has 0 amide bonds. The third-order valence-electron chi connectivity index (χ3n) is 3.66. The third-order valence-corrected chi connectivity index (χ3v) is 5.75. The molecule has 0 radical (unpaired) electrons. The molecule has 0 atom stereocenters. The Morgan fingerprint density at radius 1 is 1.19 bits per heavy atom. The van der Waals surface area contributed by atoms with Gasteiger partial charge in [-0.2, -0.15) is 0 Å². The van der Waals surface area contributed by atoms with Crippen LogP contribution >= 0.6 is 23.1 Å². The first-order valence-corrected chi connectivity index (χ1v) is 9.87. The number of hydrogen-bond donors (Lipinski definition) is 1. The maximum absolute atomic E-state index is 12.2. The van der Waals surface area contributed by atoms with Gasteiger partial charge in [0, 0.05) is 11.3 Å². The van der Waals surface area contributed by atoms with Crippen LogP contribution < -0.4 is 10.1 Å². The van der Waals surface area contributed by atoms with Crippen molar-refractivity contribution in [3.05, 3.63) is 65.2 Å². The second-order valence-electron chi connectivity index (χ2n) is 5.66. The summed E-state index contributed by atoms with van der Waals surface area (Å²) < 4.78 is 5.98. The first-order valence-electron chi connectivity index (χ1n) is 8.07. The van der Waals surface area contributed by atoms with E-state index < -0.39 is 0 Å². The predicted molar refractivity (Wildman–Crippen MR) is 106 cm³/mol. The van der Waals surface area contributed by atoms with E-state index in [1.54, 1.807) is 43.1 Å². The maximum atomic E-state index is 12.2. The van der Waals surface area contributed by atoms with Crippen molar-refractivity contribution in [1.29, 1.82) is 0 Å². The van der Waals surface area contributed by atoms with E-state index in [0.29, 0.717) is 10.7 Å². The van der Waals surface area contributed by atoms with Crippen molar-refractivity contribution < 1.29 is 9.53 Å². The number of nitrogens with one attached hydrogen (secondary N) is 1. The van der Waals surface area contributed by atoms with Crippen LogP contribution in [0.5, 0.6) is 5.75 Å². The average Bonchev–Trinajstić information content (AvgIpc) is 3.12. The summed E-state index contributed by atoms with van der Waals surface area (Å²) in [5.74, 6) is 1.58. The van der Waals surface area contributed by atoms with Crippen LogP contribution in [0.15, 0.2) is 52.9 Å². The van der Waals surface area contributed by atoms with Crippen LogP contribution in [0, 0.1) is 6.92 Å². The van der Waals surface area contributed by atoms with Gasteiger partial charge < -0.3 is 10.1 Å². The molecule has 0 spiro atoms. The molecule has 0 fully saturated rings. The highest BCUT2D eigenvalue weighted by atomic mass is 32.2. The summed E-state index contributed by atoms with van der Waals surface area (Å²) in [6, 6.07) is 15.5. The molecule has 0 unspecified atom stereocenters. The van der Waals surface area contributed by atoms with E-state index in [4.69, 9.17) is 4.74 Å². The van der Waals surface area contributed by atoms with E-state index in [0.717, 1.165) is 15.8 Å². The number of anilines is 1. The highest BCUT2D eigenvalue weighted by molar-refractivity contribution is 8.00. The quantitative estimate of drug-likeness (QED) is 0.457. The molecule has 5 nitrogen and oxygen atoms in total. The minimum atomic E-state index is -0.00295. The standard InChI is InChI=1S/C19H19N3O2S2/c1-13-4-3-5-14(10-13)12-25-19-22-21-18(26-19)20-11-17(23)15-6-8-16(24-2)9-7-15/h3-10H,11-12H2,1-2H3,(H,20,21). The van der Waals surface area contributed by atoms with Gasteiger partial charge in [0.1, 0.15) is 5.75 Å². The number of nitrogens with zero attached hydrogens (tertiary/aromatic N) is 2. The Balaban J connectivity index is 1.50. The number of thioether (sulfide) groups is 1. The van der Waals surface area contributed by atoms with Crippen molar-refractivity contribution in [3.8, 4) is 5.75 Å². The minimum absolute atomic E-state index is 0.00295. The number of ketones is 1. The largest absolute Gasteiger partial charge is 0.497 e. The van der Waals surface area contributed by atoms with Crippen molar-refractivity contribution in [1.82, 2.24) is 10.2 Å². The lowest BCUT2D eigenvalue weighted by Crippen LogP contribution is -2.13. The number of hydrogen-bond acceptors (Lipinski definition) is 7. The Hall–Kier alpha value is -2.38. The van der Waals surface area contributed by atoms with Crippen LogP contribution in [0.2, 0.25) is 0 Å². The number of ether oxygens (including phenoxy) is 1. The summed E-state index contributed by atoms with van der Waals surface area (Å²) in [7, 11) is 1.60. The number of aryl methyl sites for hydroxylation is 1. The van der Waals surface area contributed by atoms with Gasteiger partial charge in [0.15, 0.2) is 10.1 Å². The van der Waals surface area contributed by atoms with E-state index in [2.05, 4.69) is 46.7 Å². The van der Waals surface area contributed by atoms with Crippen LogP contribution in [-0.4, -0.2) is 29.6 Å². The maximum Gasteiger partial charge on any atom is 0.206 e. The fourth-order valence-electron chi connectivity index (χ4n) is 2.32. The molecule has 7 heteroatoms. The van der Waals surface area contributed by atoms with Crippen LogP contribution in [0.1, 0.15) is 21.5 Å². The summed E-state index contributed by atoms with van der Waals surface area (Å²) >= 11 is 3.10. The summed E-state index contributed by atoms with van der Waals surface area (Å²) in [5, 5.41) is 12.0. The van der Waals surface area contributed by atoms with E-state index in [-0.39, 0.29) is 12.3 Å². The zero-order valence-electron chi connectivity index (χ0n) is 14.6. The average molecular weight is 386 g/mol. The second-order valence-corrected chi connectivity index (χ2v) is 7.86. The summed E-state index contributed by atoms with van der Waals surface area (Å²) in [6.45, 7) is 2.27. The number of aromatic nitrogens is 2. The summed E-state index contributed by atoms with van der Waals surface area (Å²) in [5.41, 5.74) is 3.14. The molecule has 3 aromatic rings. The van der Waals surface area contributed by atoms with Crippen molar-refractivity contribution >= 4 is 34.0 Å². The van der Waals surface area contributed by atoms with Crippen molar-refractivity contribution in [2.24, 2.45) is 0 Å². The highest BCUT2D eigenvalue weighted by Crippen LogP contribution is 2.28. The molecule has 0 bridgehead atoms. The first kappa shape index (κ1) is 18.4. The number of Topliss-reactive ketones (excluding diaryl/α,β-unsaturated/α-hetero) is 1. The fraction of sp³-hybridized carbons (Fsp3) is 0.211. The molecule has 1 N–H and O–H groups in total. The van der Waals surface area contributed by atoms with Crippen molar-refractivity contribution in [2.75, 3.05) is 19.0 Å². The summed E-state index contributed by atoms with van der Waals surface area (Å²) in [6.07, 6.45) is 0. The number of benzene rings is 2. The van der Waals surface area contributed by atoms with Gasteiger partial charge in [-0.25, -0.2) is 0 Å². The molecule has 1 aromatic heterocycles. The Kier molecular flexibility index (Phi) is 6.25. The Morgan fingerprint density at radius 2 is 2.00 bits per heavy atom.